The molecule has 1 aromatic heterocycles. The first-order chi connectivity index (χ1) is 27.2. The summed E-state index contributed by atoms with van der Waals surface area (Å²) in [5.41, 5.74) is 12.6. The maximum Gasteiger partial charge on any atom is 0.160 e. The van der Waals surface area contributed by atoms with Gasteiger partial charge in [-0.05, 0) is 110 Å². The van der Waals surface area contributed by atoms with E-state index in [1.54, 1.807) is 0 Å². The Bertz CT molecular complexity index is 3000. The molecular weight excluding hydrogens is 683 g/mol. The number of para-hydroxylation sites is 1. The van der Waals surface area contributed by atoms with E-state index < -0.39 is 0 Å². The topological polar surface area (TPSA) is 61.6 Å². The van der Waals surface area contributed by atoms with E-state index in [-0.39, 0.29) is 10.8 Å². The molecule has 4 nitrogen and oxygen atoms in total. The van der Waals surface area contributed by atoms with Crippen molar-refractivity contribution in [2.75, 3.05) is 0 Å². The molecule has 0 unspecified atom stereocenters. The molecule has 0 saturated heterocycles. The number of benzene rings is 7. The van der Waals surface area contributed by atoms with Gasteiger partial charge in [0.2, 0.25) is 0 Å². The van der Waals surface area contributed by atoms with Crippen LogP contribution in [-0.2, 0) is 10.8 Å². The lowest BCUT2D eigenvalue weighted by atomic mass is 9.63. The zero-order valence-corrected chi connectivity index (χ0v) is 32.2. The Labute approximate surface area is 327 Å². The van der Waals surface area contributed by atoms with Crippen LogP contribution in [0.2, 0.25) is 0 Å². The molecule has 56 heavy (non-hydrogen) atoms. The SMILES string of the molecule is CC1(C)CCC(C)(C)c2cc(C3=NC(c4ccc5oc6ccccc6c5c4)=CCC(c4c5ccccc5c(-c5ccc(C#N)cc5)c5ccccc45)=N3)ccc21. The standard InChI is InChI=1S/C52H41N3O/c1-51(2)27-28-52(3,4)43-30-35(21-23-42(43)51)50-54-44(34-22-26-47-41(29-34)36-11-9-10-16-46(36)56-47)24-25-45(55-50)49-39-14-7-5-12-37(39)48(38-13-6-8-15-40(38)49)33-19-17-32(31-53)18-20-33/h5-24,26,29-30H,25,27-28H2,1-4H3. The lowest BCUT2D eigenvalue weighted by molar-refractivity contribution is 0.332. The van der Waals surface area contributed by atoms with Crippen LogP contribution in [0.1, 0.15) is 80.3 Å². The van der Waals surface area contributed by atoms with Gasteiger partial charge < -0.3 is 4.42 Å². The molecule has 4 heteroatoms. The summed E-state index contributed by atoms with van der Waals surface area (Å²) >= 11 is 0. The lowest BCUT2D eigenvalue weighted by Crippen LogP contribution is -2.34. The van der Waals surface area contributed by atoms with E-state index in [1.807, 2.05) is 24.3 Å². The molecule has 0 bridgehead atoms. The highest BCUT2D eigenvalue weighted by Gasteiger charge is 2.37. The molecule has 270 valence electrons. The Balaban J connectivity index is 1.21. The second kappa shape index (κ2) is 12.8. The fraction of sp³-hybridized carbons (Fsp3) is 0.173. The fourth-order valence-corrected chi connectivity index (χ4v) is 9.10. The van der Waals surface area contributed by atoms with Crippen LogP contribution >= 0.6 is 0 Å². The van der Waals surface area contributed by atoms with Crippen molar-refractivity contribution in [3.8, 4) is 17.2 Å². The number of hydrogen-bond donors (Lipinski definition) is 0. The quantitative estimate of drug-likeness (QED) is 0.170. The monoisotopic (exact) mass is 723 g/mol. The smallest absolute Gasteiger partial charge is 0.160 e. The van der Waals surface area contributed by atoms with E-state index >= 15 is 0 Å². The molecule has 0 saturated carbocycles. The molecule has 2 aliphatic rings. The summed E-state index contributed by atoms with van der Waals surface area (Å²) in [7, 11) is 0. The van der Waals surface area contributed by atoms with Gasteiger partial charge in [0.25, 0.3) is 0 Å². The van der Waals surface area contributed by atoms with Gasteiger partial charge in [0.05, 0.1) is 23.0 Å². The average Bonchev–Trinajstić information content (AvgIpc) is 3.45. The highest BCUT2D eigenvalue weighted by Crippen LogP contribution is 2.46. The number of rotatable bonds is 4. The molecule has 7 aromatic carbocycles. The first-order valence-corrected chi connectivity index (χ1v) is 19.6. The zero-order valence-electron chi connectivity index (χ0n) is 32.2. The Morgan fingerprint density at radius 2 is 1.11 bits per heavy atom. The number of allylic oxidation sites excluding steroid dienone is 1. The average molecular weight is 724 g/mol. The molecule has 0 spiro atoms. The summed E-state index contributed by atoms with van der Waals surface area (Å²) in [6.07, 6.45) is 5.13. The second-order valence-corrected chi connectivity index (χ2v) is 16.7. The predicted octanol–water partition coefficient (Wildman–Crippen LogP) is 13.5. The van der Waals surface area contributed by atoms with Gasteiger partial charge >= 0.3 is 0 Å². The number of hydrogen-bond acceptors (Lipinski definition) is 4. The van der Waals surface area contributed by atoms with Crippen molar-refractivity contribution < 1.29 is 4.42 Å². The Hall–Kier alpha value is -6.57. The van der Waals surface area contributed by atoms with Gasteiger partial charge in [-0.3, -0.25) is 0 Å². The fourth-order valence-electron chi connectivity index (χ4n) is 9.10. The minimum Gasteiger partial charge on any atom is -0.456 e. The molecule has 8 aromatic rings. The van der Waals surface area contributed by atoms with Crippen molar-refractivity contribution in [2.45, 2.75) is 57.8 Å². The zero-order chi connectivity index (χ0) is 38.2. The molecule has 10 rings (SSSR count). The number of nitriles is 1. The van der Waals surface area contributed by atoms with Gasteiger partial charge in [-0.25, -0.2) is 9.98 Å². The number of fused-ring (bicyclic) bond motifs is 6. The number of aliphatic imine (C=N–C) groups is 2. The molecule has 0 amide bonds. The van der Waals surface area contributed by atoms with Crippen LogP contribution in [0.15, 0.2) is 154 Å². The van der Waals surface area contributed by atoms with Crippen LogP contribution in [0, 0.1) is 11.3 Å². The Kier molecular flexibility index (Phi) is 7.73. The van der Waals surface area contributed by atoms with E-state index in [0.717, 1.165) is 95.6 Å². The number of nitrogens with zero attached hydrogens (tertiary/aromatic N) is 3. The first-order valence-electron chi connectivity index (χ1n) is 19.6. The number of amidine groups is 1. The normalized spacial score (nSPS) is 16.2. The molecular formula is C52H41N3O. The van der Waals surface area contributed by atoms with Gasteiger partial charge in [0.15, 0.2) is 5.84 Å². The van der Waals surface area contributed by atoms with Gasteiger partial charge in [0, 0.05) is 33.9 Å². The summed E-state index contributed by atoms with van der Waals surface area (Å²) in [6.45, 7) is 9.48. The van der Waals surface area contributed by atoms with Gasteiger partial charge in [0.1, 0.15) is 11.2 Å². The second-order valence-electron chi connectivity index (χ2n) is 16.7. The van der Waals surface area contributed by atoms with E-state index in [2.05, 4.69) is 149 Å². The summed E-state index contributed by atoms with van der Waals surface area (Å²) in [6, 6.07) is 49.1. The first kappa shape index (κ1) is 34.0. The van der Waals surface area contributed by atoms with E-state index in [4.69, 9.17) is 14.4 Å². The van der Waals surface area contributed by atoms with Crippen molar-refractivity contribution in [1.82, 2.24) is 0 Å². The van der Waals surface area contributed by atoms with Crippen LogP contribution in [-0.4, -0.2) is 11.5 Å². The van der Waals surface area contributed by atoms with Gasteiger partial charge in [-0.1, -0.05) is 125 Å². The molecule has 0 radical (unpaired) electrons. The van der Waals surface area contributed by atoms with Crippen LogP contribution in [0.3, 0.4) is 0 Å². The summed E-state index contributed by atoms with van der Waals surface area (Å²) in [4.78, 5) is 11.1. The molecule has 0 fully saturated rings. The molecule has 2 heterocycles. The van der Waals surface area contributed by atoms with Crippen LogP contribution in [0.4, 0.5) is 0 Å². The molecule has 0 N–H and O–H groups in total. The predicted molar refractivity (Wildman–Crippen MR) is 233 cm³/mol. The lowest BCUT2D eigenvalue weighted by Gasteiger charge is -2.42. The van der Waals surface area contributed by atoms with Crippen molar-refractivity contribution in [2.24, 2.45) is 9.98 Å². The van der Waals surface area contributed by atoms with Crippen LogP contribution < -0.4 is 0 Å². The minimum absolute atomic E-state index is 0.0401. The maximum atomic E-state index is 9.55. The van der Waals surface area contributed by atoms with Crippen LogP contribution in [0.5, 0.6) is 0 Å². The summed E-state index contributed by atoms with van der Waals surface area (Å²) < 4.78 is 6.22. The minimum atomic E-state index is 0.0401. The van der Waals surface area contributed by atoms with Gasteiger partial charge in [-0.15, -0.1) is 0 Å². The Morgan fingerprint density at radius 3 is 1.79 bits per heavy atom. The molecule has 1 aliphatic heterocycles. The third-order valence-electron chi connectivity index (χ3n) is 12.3. The van der Waals surface area contributed by atoms with Crippen LogP contribution in [0.25, 0.3) is 60.3 Å². The van der Waals surface area contributed by atoms with Crippen molar-refractivity contribution in [3.05, 3.63) is 173 Å². The highest BCUT2D eigenvalue weighted by molar-refractivity contribution is 6.28. The van der Waals surface area contributed by atoms with E-state index in [0.29, 0.717) is 17.8 Å². The van der Waals surface area contributed by atoms with E-state index in [1.165, 1.54) is 11.1 Å². The largest absolute Gasteiger partial charge is 0.456 e. The molecule has 0 atom stereocenters. The maximum absolute atomic E-state index is 9.55. The van der Waals surface area contributed by atoms with Gasteiger partial charge in [-0.2, -0.15) is 5.26 Å². The van der Waals surface area contributed by atoms with Crippen molar-refractivity contribution >= 4 is 60.7 Å². The molecule has 1 aliphatic carbocycles. The third-order valence-corrected chi connectivity index (χ3v) is 12.3. The number of furan rings is 1. The van der Waals surface area contributed by atoms with Crippen molar-refractivity contribution in [3.63, 3.8) is 0 Å². The summed E-state index contributed by atoms with van der Waals surface area (Å²) in [5.74, 6) is 0.715. The highest BCUT2D eigenvalue weighted by atomic mass is 16.3. The summed E-state index contributed by atoms with van der Waals surface area (Å²) in [5, 5.41) is 16.3. The Morgan fingerprint density at radius 1 is 0.536 bits per heavy atom. The van der Waals surface area contributed by atoms with Crippen molar-refractivity contribution in [1.29, 1.82) is 5.26 Å². The third kappa shape index (κ3) is 5.49. The van der Waals surface area contributed by atoms with E-state index in [9.17, 15) is 5.26 Å².